The van der Waals surface area contributed by atoms with E-state index in [4.69, 9.17) is 5.73 Å². The molecule has 86 valence electrons. The molecule has 0 aromatic heterocycles. The van der Waals surface area contributed by atoms with Crippen molar-refractivity contribution in [2.45, 2.75) is 6.42 Å². The molecule has 0 saturated carbocycles. The zero-order valence-electron chi connectivity index (χ0n) is 8.69. The number of nitrogen functional groups attached to an aromatic ring is 1. The SMILES string of the molecule is Nc1c(F)cccc1N1CC(CS)CC1=O. The molecule has 1 amide bonds. The van der Waals surface area contributed by atoms with Gasteiger partial charge in [-0.2, -0.15) is 12.6 Å². The zero-order chi connectivity index (χ0) is 11.7. The standard InChI is InChI=1S/C11H13FN2OS/c12-8-2-1-3-9(11(8)13)14-5-7(6-16)4-10(14)15/h1-3,7,16H,4-6,13H2. The van der Waals surface area contributed by atoms with Crippen LogP contribution < -0.4 is 10.6 Å². The summed E-state index contributed by atoms with van der Waals surface area (Å²) in [5, 5.41) is 0. The summed E-state index contributed by atoms with van der Waals surface area (Å²) in [4.78, 5) is 13.3. The molecule has 5 heteroatoms. The van der Waals surface area contributed by atoms with E-state index in [0.717, 1.165) is 0 Å². The van der Waals surface area contributed by atoms with Crippen molar-refractivity contribution >= 4 is 29.9 Å². The molecule has 3 nitrogen and oxygen atoms in total. The number of nitrogens with zero attached hydrogens (tertiary/aromatic N) is 1. The highest BCUT2D eigenvalue weighted by molar-refractivity contribution is 7.80. The minimum Gasteiger partial charge on any atom is -0.395 e. The monoisotopic (exact) mass is 240 g/mol. The molecule has 0 radical (unpaired) electrons. The first-order valence-electron chi connectivity index (χ1n) is 5.08. The molecule has 0 bridgehead atoms. The van der Waals surface area contributed by atoms with Gasteiger partial charge >= 0.3 is 0 Å². The molecule has 1 aliphatic rings. The maximum atomic E-state index is 13.3. The summed E-state index contributed by atoms with van der Waals surface area (Å²) in [5.41, 5.74) is 6.13. The van der Waals surface area contributed by atoms with Crippen LogP contribution in [0.5, 0.6) is 0 Å². The fourth-order valence-corrected chi connectivity index (χ4v) is 2.14. The van der Waals surface area contributed by atoms with Crippen molar-refractivity contribution in [2.75, 3.05) is 22.9 Å². The van der Waals surface area contributed by atoms with Crippen LogP contribution in [-0.2, 0) is 4.79 Å². The Morgan fingerprint density at radius 3 is 2.94 bits per heavy atom. The van der Waals surface area contributed by atoms with Gasteiger partial charge in [-0.1, -0.05) is 6.07 Å². The van der Waals surface area contributed by atoms with Gasteiger partial charge < -0.3 is 10.6 Å². The first-order valence-corrected chi connectivity index (χ1v) is 5.72. The van der Waals surface area contributed by atoms with Crippen LogP contribution in [0.1, 0.15) is 6.42 Å². The molecule has 2 rings (SSSR count). The largest absolute Gasteiger partial charge is 0.395 e. The number of halogens is 1. The van der Waals surface area contributed by atoms with E-state index in [0.29, 0.717) is 24.4 Å². The summed E-state index contributed by atoms with van der Waals surface area (Å²) in [6.07, 6.45) is 0.458. The van der Waals surface area contributed by atoms with Gasteiger partial charge in [0.15, 0.2) is 0 Å². The quantitative estimate of drug-likeness (QED) is 0.610. The first kappa shape index (κ1) is 11.3. The van der Waals surface area contributed by atoms with Crippen LogP contribution in [0.2, 0.25) is 0 Å². The topological polar surface area (TPSA) is 46.3 Å². The number of benzene rings is 1. The summed E-state index contributed by atoms with van der Waals surface area (Å²) >= 11 is 4.17. The molecule has 0 aliphatic carbocycles. The number of carbonyl (C=O) groups excluding carboxylic acids is 1. The van der Waals surface area contributed by atoms with Crippen molar-refractivity contribution in [3.8, 4) is 0 Å². The smallest absolute Gasteiger partial charge is 0.227 e. The normalized spacial score (nSPS) is 20.5. The van der Waals surface area contributed by atoms with E-state index in [9.17, 15) is 9.18 Å². The van der Waals surface area contributed by atoms with Crippen LogP contribution in [0, 0.1) is 11.7 Å². The van der Waals surface area contributed by atoms with E-state index in [2.05, 4.69) is 12.6 Å². The number of hydrogen-bond donors (Lipinski definition) is 2. The van der Waals surface area contributed by atoms with E-state index in [1.165, 1.54) is 6.07 Å². The predicted octanol–water partition coefficient (Wildman–Crippen LogP) is 1.69. The van der Waals surface area contributed by atoms with Gasteiger partial charge in [-0.05, 0) is 23.8 Å². The third-order valence-corrected chi connectivity index (χ3v) is 3.30. The van der Waals surface area contributed by atoms with Crippen molar-refractivity contribution in [1.82, 2.24) is 0 Å². The fourth-order valence-electron chi connectivity index (χ4n) is 1.90. The Bertz CT molecular complexity index is 424. The molecule has 16 heavy (non-hydrogen) atoms. The number of nitrogens with two attached hydrogens (primary N) is 1. The second-order valence-electron chi connectivity index (χ2n) is 3.93. The van der Waals surface area contributed by atoms with Crippen molar-refractivity contribution in [2.24, 2.45) is 5.92 Å². The number of carbonyl (C=O) groups is 1. The number of amides is 1. The molecule has 1 aliphatic heterocycles. The summed E-state index contributed by atoms with van der Waals surface area (Å²) in [7, 11) is 0. The van der Waals surface area contributed by atoms with Gasteiger partial charge in [-0.15, -0.1) is 0 Å². The van der Waals surface area contributed by atoms with Crippen LogP contribution in [0.15, 0.2) is 18.2 Å². The molecule has 1 heterocycles. The van der Waals surface area contributed by atoms with Crippen LogP contribution in [0.3, 0.4) is 0 Å². The number of thiol groups is 1. The highest BCUT2D eigenvalue weighted by Gasteiger charge is 2.31. The maximum absolute atomic E-state index is 13.3. The minimum absolute atomic E-state index is 0.0173. The molecular formula is C11H13FN2OS. The molecule has 1 unspecified atom stereocenters. The molecule has 1 aromatic carbocycles. The Hall–Kier alpha value is -1.23. The summed E-state index contributed by atoms with van der Waals surface area (Å²) in [6.45, 7) is 0.565. The lowest BCUT2D eigenvalue weighted by atomic mass is 10.1. The van der Waals surface area contributed by atoms with E-state index in [1.807, 2.05) is 0 Å². The third-order valence-electron chi connectivity index (χ3n) is 2.78. The van der Waals surface area contributed by atoms with E-state index < -0.39 is 5.82 Å². The van der Waals surface area contributed by atoms with Crippen molar-refractivity contribution in [1.29, 1.82) is 0 Å². The van der Waals surface area contributed by atoms with Crippen molar-refractivity contribution in [3.05, 3.63) is 24.0 Å². The van der Waals surface area contributed by atoms with Crippen LogP contribution in [-0.4, -0.2) is 18.2 Å². The third kappa shape index (κ3) is 1.87. The van der Waals surface area contributed by atoms with Gasteiger partial charge in [0, 0.05) is 13.0 Å². The van der Waals surface area contributed by atoms with Crippen molar-refractivity contribution < 1.29 is 9.18 Å². The first-order chi connectivity index (χ1) is 7.63. The highest BCUT2D eigenvalue weighted by Crippen LogP contribution is 2.31. The minimum atomic E-state index is -0.486. The van der Waals surface area contributed by atoms with Gasteiger partial charge in [-0.3, -0.25) is 4.79 Å². The van der Waals surface area contributed by atoms with Gasteiger partial charge in [0.25, 0.3) is 0 Å². The Labute approximate surface area is 98.8 Å². The second kappa shape index (κ2) is 4.33. The molecule has 1 fully saturated rings. The number of hydrogen-bond acceptors (Lipinski definition) is 3. The average Bonchev–Trinajstić information content (AvgIpc) is 2.64. The number of rotatable bonds is 2. The van der Waals surface area contributed by atoms with Gasteiger partial charge in [-0.25, -0.2) is 4.39 Å². The molecule has 2 N–H and O–H groups in total. The number of anilines is 2. The summed E-state index contributed by atoms with van der Waals surface area (Å²) in [5.74, 6) is 0.367. The molecule has 1 saturated heterocycles. The van der Waals surface area contributed by atoms with Crippen molar-refractivity contribution in [3.63, 3.8) is 0 Å². The lowest BCUT2D eigenvalue weighted by molar-refractivity contribution is -0.117. The zero-order valence-corrected chi connectivity index (χ0v) is 9.58. The molecule has 1 atom stereocenters. The Kier molecular flexibility index (Phi) is 3.05. The fraction of sp³-hybridized carbons (Fsp3) is 0.364. The van der Waals surface area contributed by atoms with Crippen LogP contribution in [0.25, 0.3) is 0 Å². The Balaban J connectivity index is 2.31. The molecule has 1 aromatic rings. The van der Waals surface area contributed by atoms with E-state index in [1.54, 1.807) is 17.0 Å². The molecule has 0 spiro atoms. The molecular weight excluding hydrogens is 227 g/mol. The predicted molar refractivity (Wildman–Crippen MR) is 65.1 cm³/mol. The lowest BCUT2D eigenvalue weighted by Crippen LogP contribution is -2.25. The van der Waals surface area contributed by atoms with Gasteiger partial charge in [0.2, 0.25) is 5.91 Å². The highest BCUT2D eigenvalue weighted by atomic mass is 32.1. The lowest BCUT2D eigenvalue weighted by Gasteiger charge is -2.18. The van der Waals surface area contributed by atoms with Crippen LogP contribution >= 0.6 is 12.6 Å². The van der Waals surface area contributed by atoms with Gasteiger partial charge in [0.05, 0.1) is 11.4 Å². The summed E-state index contributed by atoms with van der Waals surface area (Å²) in [6, 6.07) is 4.51. The van der Waals surface area contributed by atoms with Crippen LogP contribution in [0.4, 0.5) is 15.8 Å². The summed E-state index contributed by atoms with van der Waals surface area (Å²) < 4.78 is 13.3. The average molecular weight is 240 g/mol. The maximum Gasteiger partial charge on any atom is 0.227 e. The van der Waals surface area contributed by atoms with Gasteiger partial charge in [0.1, 0.15) is 5.82 Å². The Morgan fingerprint density at radius 2 is 2.31 bits per heavy atom. The van der Waals surface area contributed by atoms with E-state index in [-0.39, 0.29) is 17.5 Å². The number of para-hydroxylation sites is 1. The second-order valence-corrected chi connectivity index (χ2v) is 4.29. The Morgan fingerprint density at radius 1 is 1.56 bits per heavy atom. The van der Waals surface area contributed by atoms with E-state index >= 15 is 0 Å².